The van der Waals surface area contributed by atoms with Crippen LogP contribution >= 0.6 is 0 Å². The van der Waals surface area contributed by atoms with Crippen molar-refractivity contribution in [1.29, 1.82) is 5.26 Å². The van der Waals surface area contributed by atoms with Gasteiger partial charge in [-0.25, -0.2) is 9.37 Å². The Morgan fingerprint density at radius 1 is 1.36 bits per heavy atom. The summed E-state index contributed by atoms with van der Waals surface area (Å²) in [7, 11) is 0. The Bertz CT molecular complexity index is 1010. The van der Waals surface area contributed by atoms with Crippen LogP contribution in [0.4, 0.5) is 15.8 Å². The molecule has 1 aliphatic rings. The van der Waals surface area contributed by atoms with Crippen LogP contribution in [0.15, 0.2) is 52.9 Å². The van der Waals surface area contributed by atoms with Gasteiger partial charge < -0.3 is 15.8 Å². The van der Waals surface area contributed by atoms with Crippen LogP contribution in [0, 0.1) is 17.1 Å². The van der Waals surface area contributed by atoms with Gasteiger partial charge in [-0.15, -0.1) is 0 Å². The molecule has 0 bridgehead atoms. The van der Waals surface area contributed by atoms with E-state index in [9.17, 15) is 9.18 Å². The predicted molar refractivity (Wildman–Crippen MR) is 102 cm³/mol. The van der Waals surface area contributed by atoms with E-state index in [1.807, 2.05) is 13.0 Å². The molecule has 2 aromatic rings. The van der Waals surface area contributed by atoms with E-state index in [1.54, 1.807) is 0 Å². The number of nitrogens with zero attached hydrogens (tertiary/aromatic N) is 3. The molecule has 7 nitrogen and oxygen atoms in total. The van der Waals surface area contributed by atoms with Crippen molar-refractivity contribution in [2.24, 2.45) is 10.7 Å². The second-order valence-corrected chi connectivity index (χ2v) is 6.27. The van der Waals surface area contributed by atoms with Crippen molar-refractivity contribution in [3.05, 3.63) is 64.9 Å². The molecular weight excluding hydrogens is 361 g/mol. The first-order valence-electron chi connectivity index (χ1n) is 8.64. The van der Waals surface area contributed by atoms with Gasteiger partial charge in [0.2, 0.25) is 0 Å². The van der Waals surface area contributed by atoms with Crippen LogP contribution in [0.2, 0.25) is 0 Å². The number of pyridine rings is 1. The second-order valence-electron chi connectivity index (χ2n) is 6.27. The zero-order valence-electron chi connectivity index (χ0n) is 15.2. The maximum absolute atomic E-state index is 14.1. The third-order valence-corrected chi connectivity index (χ3v) is 4.22. The van der Waals surface area contributed by atoms with Gasteiger partial charge in [0.1, 0.15) is 29.0 Å². The van der Waals surface area contributed by atoms with Crippen LogP contribution in [0.1, 0.15) is 42.2 Å². The topological polar surface area (TPSA) is 113 Å². The Kier molecular flexibility index (Phi) is 5.65. The fourth-order valence-electron chi connectivity index (χ4n) is 2.74. The molecule has 142 valence electrons. The van der Waals surface area contributed by atoms with Crippen molar-refractivity contribution in [3.8, 4) is 6.07 Å². The summed E-state index contributed by atoms with van der Waals surface area (Å²) in [5.41, 5.74) is 7.63. The molecule has 3 N–H and O–H groups in total. The van der Waals surface area contributed by atoms with Crippen LogP contribution in [0.3, 0.4) is 0 Å². The Labute approximate surface area is 161 Å². The molecule has 0 aliphatic heterocycles. The van der Waals surface area contributed by atoms with E-state index < -0.39 is 11.7 Å². The van der Waals surface area contributed by atoms with E-state index in [0.717, 1.165) is 30.6 Å². The zero-order valence-corrected chi connectivity index (χ0v) is 15.2. The van der Waals surface area contributed by atoms with E-state index in [2.05, 4.69) is 15.3 Å². The fourth-order valence-corrected chi connectivity index (χ4v) is 2.74. The Morgan fingerprint density at radius 3 is 2.82 bits per heavy atom. The van der Waals surface area contributed by atoms with Gasteiger partial charge in [0.25, 0.3) is 11.9 Å². The minimum absolute atomic E-state index is 0.0562. The molecule has 0 unspecified atom stereocenters. The van der Waals surface area contributed by atoms with Gasteiger partial charge in [0.15, 0.2) is 0 Å². The number of carbonyl (C=O) groups excluding carboxylic acids is 1. The lowest BCUT2D eigenvalue weighted by molar-refractivity contribution is 0.102. The number of nitrogens with one attached hydrogen (secondary N) is 1. The summed E-state index contributed by atoms with van der Waals surface area (Å²) < 4.78 is 19.6. The van der Waals surface area contributed by atoms with Crippen molar-refractivity contribution in [2.75, 3.05) is 5.32 Å². The highest BCUT2D eigenvalue weighted by Crippen LogP contribution is 2.27. The summed E-state index contributed by atoms with van der Waals surface area (Å²) in [4.78, 5) is 20.2. The molecule has 0 atom stereocenters. The van der Waals surface area contributed by atoms with Crippen LogP contribution < -0.4 is 11.1 Å². The summed E-state index contributed by atoms with van der Waals surface area (Å²) in [6.07, 6.45) is 4.01. The maximum Gasteiger partial charge on any atom is 0.292 e. The number of rotatable bonds is 4. The summed E-state index contributed by atoms with van der Waals surface area (Å²) in [5.74, 6) is -0.335. The Hall–Kier alpha value is -3.73. The molecule has 0 fully saturated rings. The van der Waals surface area contributed by atoms with Crippen molar-refractivity contribution in [1.82, 2.24) is 4.98 Å². The van der Waals surface area contributed by atoms with Gasteiger partial charge in [-0.1, -0.05) is 0 Å². The summed E-state index contributed by atoms with van der Waals surface area (Å²) in [5, 5.41) is 11.4. The molecular formula is C20H18FN5O2. The molecule has 1 aromatic heterocycles. The molecule has 3 rings (SSSR count). The predicted octanol–water partition coefficient (Wildman–Crippen LogP) is 3.77. The maximum atomic E-state index is 14.1. The summed E-state index contributed by atoms with van der Waals surface area (Å²) >= 11 is 0. The van der Waals surface area contributed by atoms with Crippen molar-refractivity contribution < 1.29 is 13.9 Å². The molecule has 1 aliphatic carbocycles. The number of amidine groups is 1. The van der Waals surface area contributed by atoms with E-state index >= 15 is 0 Å². The molecule has 0 saturated heterocycles. The molecule has 0 radical (unpaired) electrons. The number of hydrogen-bond acceptors (Lipinski definition) is 5. The molecule has 1 aromatic carbocycles. The van der Waals surface area contributed by atoms with Crippen LogP contribution in [0.5, 0.6) is 0 Å². The quantitative estimate of drug-likeness (QED) is 0.620. The highest BCUT2D eigenvalue weighted by molar-refractivity contribution is 6.03. The largest absolute Gasteiger partial charge is 0.431 e. The average molecular weight is 379 g/mol. The highest BCUT2D eigenvalue weighted by Gasteiger charge is 2.14. The number of halogens is 1. The van der Waals surface area contributed by atoms with E-state index in [0.29, 0.717) is 11.3 Å². The van der Waals surface area contributed by atoms with Crippen LogP contribution in [0.25, 0.3) is 0 Å². The SMILES string of the molecule is CC1=C(O/C(N)=N\c2cc(NC(=O)c3ccc(C#N)cn3)ccc2F)CCC1. The van der Waals surface area contributed by atoms with Crippen molar-refractivity contribution in [2.45, 2.75) is 26.2 Å². The third kappa shape index (κ3) is 4.51. The number of nitrogens with two attached hydrogens (primary N) is 1. The number of ether oxygens (including phenoxy) is 1. The lowest BCUT2D eigenvalue weighted by Crippen LogP contribution is -2.16. The van der Waals surface area contributed by atoms with Crippen molar-refractivity contribution in [3.63, 3.8) is 0 Å². The number of carbonyl (C=O) groups is 1. The Balaban J connectivity index is 1.75. The lowest BCUT2D eigenvalue weighted by atomic mass is 10.2. The summed E-state index contributed by atoms with van der Waals surface area (Å²) in [6.45, 7) is 1.96. The monoisotopic (exact) mass is 379 g/mol. The molecule has 0 spiro atoms. The smallest absolute Gasteiger partial charge is 0.292 e. The van der Waals surface area contributed by atoms with Gasteiger partial charge in [0.05, 0.1) is 5.56 Å². The molecule has 8 heteroatoms. The molecule has 0 saturated carbocycles. The highest BCUT2D eigenvalue weighted by atomic mass is 19.1. The number of hydrogen-bond donors (Lipinski definition) is 2. The number of anilines is 1. The number of aromatic nitrogens is 1. The van der Waals surface area contributed by atoms with Crippen LogP contribution in [-0.4, -0.2) is 16.9 Å². The molecule has 1 heterocycles. The van der Waals surface area contributed by atoms with Gasteiger partial charge in [-0.2, -0.15) is 10.3 Å². The number of amides is 1. The number of nitriles is 1. The third-order valence-electron chi connectivity index (χ3n) is 4.22. The van der Waals surface area contributed by atoms with Crippen LogP contribution in [-0.2, 0) is 4.74 Å². The minimum atomic E-state index is -0.599. The first kappa shape index (κ1) is 19.0. The first-order chi connectivity index (χ1) is 13.5. The number of allylic oxidation sites excluding steroid dienone is 2. The van der Waals surface area contributed by atoms with Gasteiger partial charge in [0, 0.05) is 18.3 Å². The van der Waals surface area contributed by atoms with Gasteiger partial charge in [-0.05, 0) is 55.7 Å². The van der Waals surface area contributed by atoms with E-state index in [1.165, 1.54) is 36.5 Å². The second kappa shape index (κ2) is 8.31. The zero-order chi connectivity index (χ0) is 20.1. The number of benzene rings is 1. The van der Waals surface area contributed by atoms with Gasteiger partial charge in [-0.3, -0.25) is 4.79 Å². The number of aliphatic imine (C=N–C) groups is 1. The summed E-state index contributed by atoms with van der Waals surface area (Å²) in [6, 6.07) is 8.61. The van der Waals surface area contributed by atoms with Gasteiger partial charge >= 0.3 is 0 Å². The van der Waals surface area contributed by atoms with E-state index in [4.69, 9.17) is 15.7 Å². The molecule has 28 heavy (non-hydrogen) atoms. The lowest BCUT2D eigenvalue weighted by Gasteiger charge is -2.08. The van der Waals surface area contributed by atoms with Crippen molar-refractivity contribution >= 4 is 23.3 Å². The molecule has 1 amide bonds. The fraction of sp³-hybridized carbons (Fsp3) is 0.200. The Morgan fingerprint density at radius 2 is 2.18 bits per heavy atom. The minimum Gasteiger partial charge on any atom is -0.431 e. The van der Waals surface area contributed by atoms with E-state index in [-0.39, 0.29) is 17.4 Å². The first-order valence-corrected chi connectivity index (χ1v) is 8.64. The average Bonchev–Trinajstić information content (AvgIpc) is 3.09. The normalized spacial score (nSPS) is 14.0. The standard InChI is InChI=1S/C20H18FN5O2/c1-12-3-2-4-18(12)28-20(23)26-17-9-14(6-7-15(17)21)25-19(27)16-8-5-13(10-22)11-24-16/h5-9,11H,2-4H2,1H3,(H2,23,26)(H,25,27).